The number of nitrogens with one attached hydrogen (secondary N) is 2. The zero-order valence-corrected chi connectivity index (χ0v) is 14.7. The van der Waals surface area contributed by atoms with E-state index >= 15 is 0 Å². The molecule has 7 heteroatoms. The lowest BCUT2D eigenvalue weighted by Crippen LogP contribution is -2.26. The molecular weight excluding hydrogens is 330 g/mol. The number of carbonyl (C=O) groups excluding carboxylic acids is 2. The van der Waals surface area contributed by atoms with Crippen molar-refractivity contribution in [3.63, 3.8) is 0 Å². The molecule has 7 nitrogen and oxygen atoms in total. The predicted octanol–water partition coefficient (Wildman–Crippen LogP) is 1.26. The maximum absolute atomic E-state index is 12.5. The zero-order valence-electron chi connectivity index (χ0n) is 14.7. The lowest BCUT2D eigenvalue weighted by molar-refractivity contribution is 0.0958. The summed E-state index contributed by atoms with van der Waals surface area (Å²) in [6.45, 7) is 0. The Balaban J connectivity index is 2.36. The third-order valence-corrected chi connectivity index (χ3v) is 3.53. The van der Waals surface area contributed by atoms with Crippen LogP contribution in [0.3, 0.4) is 0 Å². The largest absolute Gasteiger partial charge is 0.403 e. The van der Waals surface area contributed by atoms with E-state index in [4.69, 9.17) is 5.73 Å². The number of hydrogen-bond donors (Lipinski definition) is 3. The molecule has 1 aromatic heterocycles. The summed E-state index contributed by atoms with van der Waals surface area (Å²) in [5.74, 6) is -0.762. The van der Waals surface area contributed by atoms with Gasteiger partial charge in [-0.05, 0) is 17.7 Å². The van der Waals surface area contributed by atoms with Crippen LogP contribution in [0, 0.1) is 0 Å². The summed E-state index contributed by atoms with van der Waals surface area (Å²) in [6.07, 6.45) is 3.18. The van der Waals surface area contributed by atoms with Crippen LogP contribution in [-0.2, 0) is 6.42 Å². The van der Waals surface area contributed by atoms with E-state index in [-0.39, 0.29) is 11.6 Å². The van der Waals surface area contributed by atoms with Gasteiger partial charge < -0.3 is 16.4 Å². The Hall–Kier alpha value is -3.48. The molecule has 0 unspecified atom stereocenters. The molecule has 1 heterocycles. The summed E-state index contributed by atoms with van der Waals surface area (Å²) in [5.41, 5.74) is 7.97. The summed E-state index contributed by atoms with van der Waals surface area (Å²) in [5, 5.41) is 5.17. The number of allylic oxidation sites excluding steroid dienone is 1. The van der Waals surface area contributed by atoms with Crippen molar-refractivity contribution < 1.29 is 9.59 Å². The van der Waals surface area contributed by atoms with E-state index in [1.54, 1.807) is 13.1 Å². The van der Waals surface area contributed by atoms with E-state index in [2.05, 4.69) is 20.6 Å². The molecule has 0 aliphatic carbocycles. The fourth-order valence-electron chi connectivity index (χ4n) is 2.32. The molecule has 4 N–H and O–H groups in total. The molecule has 134 valence electrons. The first-order valence-electron chi connectivity index (χ1n) is 7.99. The topological polar surface area (TPSA) is 109 Å². The summed E-state index contributed by atoms with van der Waals surface area (Å²) in [4.78, 5) is 32.7. The molecule has 2 aromatic rings. The van der Waals surface area contributed by atoms with E-state index in [0.717, 1.165) is 5.56 Å². The van der Waals surface area contributed by atoms with Crippen molar-refractivity contribution in [1.82, 2.24) is 15.6 Å². The van der Waals surface area contributed by atoms with Crippen LogP contribution in [0.2, 0.25) is 0 Å². The minimum Gasteiger partial charge on any atom is -0.403 e. The van der Waals surface area contributed by atoms with Gasteiger partial charge in [0.25, 0.3) is 11.8 Å². The van der Waals surface area contributed by atoms with Crippen molar-refractivity contribution >= 4 is 18.0 Å². The van der Waals surface area contributed by atoms with Crippen LogP contribution in [0.1, 0.15) is 32.1 Å². The van der Waals surface area contributed by atoms with Crippen molar-refractivity contribution in [1.29, 1.82) is 0 Å². The third-order valence-electron chi connectivity index (χ3n) is 3.53. The number of nitrogens with zero attached hydrogens (tertiary/aromatic N) is 2. The fraction of sp³-hybridized carbons (Fsp3) is 0.158. The number of benzene rings is 1. The number of hydrogen-bond acceptors (Lipinski definition) is 5. The standard InChI is InChI=1S/C19H21N5O2/c1-21-12-16(11-20)24-18(25)14-9-15(8-13-6-4-3-5-7-13)23-17(10-14)19(26)22-2/h3-7,9-12H,8,20H2,1-2H3,(H,22,26)(H,24,25). The van der Waals surface area contributed by atoms with Gasteiger partial charge in [0.2, 0.25) is 0 Å². The summed E-state index contributed by atoms with van der Waals surface area (Å²) >= 11 is 0. The van der Waals surface area contributed by atoms with E-state index in [1.807, 2.05) is 30.3 Å². The summed E-state index contributed by atoms with van der Waals surface area (Å²) in [6, 6.07) is 12.8. The first-order valence-corrected chi connectivity index (χ1v) is 7.99. The van der Waals surface area contributed by atoms with Gasteiger partial charge in [-0.25, -0.2) is 4.98 Å². The highest BCUT2D eigenvalue weighted by Crippen LogP contribution is 2.12. The van der Waals surface area contributed by atoms with E-state index in [0.29, 0.717) is 23.4 Å². The van der Waals surface area contributed by atoms with Gasteiger partial charge in [-0.15, -0.1) is 0 Å². The lowest BCUT2D eigenvalue weighted by atomic mass is 10.1. The lowest BCUT2D eigenvalue weighted by Gasteiger charge is -2.10. The van der Waals surface area contributed by atoms with Crippen LogP contribution < -0.4 is 16.4 Å². The Bertz CT molecular complexity index is 844. The van der Waals surface area contributed by atoms with Crippen LogP contribution in [-0.4, -0.2) is 37.1 Å². The molecular formula is C19H21N5O2. The molecule has 0 saturated carbocycles. The van der Waals surface area contributed by atoms with Gasteiger partial charge >= 0.3 is 0 Å². The quantitative estimate of drug-likeness (QED) is 0.681. The minimum absolute atomic E-state index is 0.175. The molecule has 0 radical (unpaired) electrons. The summed E-state index contributed by atoms with van der Waals surface area (Å²) in [7, 11) is 3.09. The molecule has 0 atom stereocenters. The number of aliphatic imine (C=N–C) groups is 1. The van der Waals surface area contributed by atoms with Crippen LogP contribution in [0.4, 0.5) is 0 Å². The Morgan fingerprint density at radius 2 is 1.92 bits per heavy atom. The predicted molar refractivity (Wildman–Crippen MR) is 101 cm³/mol. The van der Waals surface area contributed by atoms with Crippen LogP contribution in [0.15, 0.2) is 59.4 Å². The van der Waals surface area contributed by atoms with Crippen molar-refractivity contribution in [2.45, 2.75) is 6.42 Å². The first-order chi connectivity index (χ1) is 12.6. The molecule has 2 amide bonds. The van der Waals surface area contributed by atoms with Crippen molar-refractivity contribution in [2.75, 3.05) is 14.1 Å². The Morgan fingerprint density at radius 3 is 2.54 bits per heavy atom. The fourth-order valence-corrected chi connectivity index (χ4v) is 2.32. The monoisotopic (exact) mass is 351 g/mol. The second-order valence-corrected chi connectivity index (χ2v) is 5.44. The molecule has 0 aliphatic rings. The molecule has 0 aliphatic heterocycles. The zero-order chi connectivity index (χ0) is 18.9. The number of aromatic nitrogens is 1. The van der Waals surface area contributed by atoms with Gasteiger partial charge in [0.1, 0.15) is 5.69 Å². The number of rotatable bonds is 6. The highest BCUT2D eigenvalue weighted by atomic mass is 16.2. The van der Waals surface area contributed by atoms with Gasteiger partial charge in [0.05, 0.1) is 5.70 Å². The smallest absolute Gasteiger partial charge is 0.269 e. The second-order valence-electron chi connectivity index (χ2n) is 5.44. The number of amides is 2. The van der Waals surface area contributed by atoms with E-state index < -0.39 is 5.91 Å². The molecule has 0 fully saturated rings. The highest BCUT2D eigenvalue weighted by molar-refractivity contribution is 6.01. The Morgan fingerprint density at radius 1 is 1.19 bits per heavy atom. The highest BCUT2D eigenvalue weighted by Gasteiger charge is 2.14. The van der Waals surface area contributed by atoms with Crippen molar-refractivity contribution in [3.8, 4) is 0 Å². The van der Waals surface area contributed by atoms with Gasteiger partial charge in [-0.1, -0.05) is 30.3 Å². The third kappa shape index (κ3) is 5.01. The van der Waals surface area contributed by atoms with Crippen molar-refractivity contribution in [2.24, 2.45) is 10.7 Å². The average Bonchev–Trinajstić information content (AvgIpc) is 2.67. The van der Waals surface area contributed by atoms with Crippen molar-refractivity contribution in [3.05, 3.63) is 76.9 Å². The molecule has 0 spiro atoms. The maximum atomic E-state index is 12.5. The molecule has 26 heavy (non-hydrogen) atoms. The van der Waals surface area contributed by atoms with Crippen LogP contribution in [0.5, 0.6) is 0 Å². The maximum Gasteiger partial charge on any atom is 0.269 e. The number of nitrogens with two attached hydrogens (primary N) is 1. The van der Waals surface area contributed by atoms with E-state index in [1.165, 1.54) is 25.5 Å². The Labute approximate surface area is 152 Å². The van der Waals surface area contributed by atoms with Crippen LogP contribution >= 0.6 is 0 Å². The summed E-state index contributed by atoms with van der Waals surface area (Å²) < 4.78 is 0. The van der Waals surface area contributed by atoms with Gasteiger partial charge in [-0.2, -0.15) is 0 Å². The average molecular weight is 351 g/mol. The minimum atomic E-state index is -0.400. The first kappa shape index (κ1) is 18.9. The molecule has 0 saturated heterocycles. The normalized spacial score (nSPS) is 11.4. The van der Waals surface area contributed by atoms with E-state index in [9.17, 15) is 9.59 Å². The van der Waals surface area contributed by atoms with Gasteiger partial charge in [0.15, 0.2) is 0 Å². The number of pyridine rings is 1. The molecule has 2 rings (SSSR count). The van der Waals surface area contributed by atoms with Crippen LogP contribution in [0.25, 0.3) is 0 Å². The Kier molecular flexibility index (Phi) is 6.61. The molecule has 0 bridgehead atoms. The van der Waals surface area contributed by atoms with Gasteiger partial charge in [0, 0.05) is 44.2 Å². The SMILES string of the molecule is CN=CC(=CN)NC(=O)c1cc(Cc2ccccc2)nc(C(=O)NC)c1. The van der Waals surface area contributed by atoms with Gasteiger partial charge in [-0.3, -0.25) is 14.6 Å². The second kappa shape index (κ2) is 9.12. The molecule has 1 aromatic carbocycles. The number of carbonyl (C=O) groups is 2.